The maximum atomic E-state index is 12.0. The SMILES string of the molecule is CN(CCCN)C(=O)CCN1CCC(N2CCCC2)C1. The molecule has 0 spiro atoms. The number of amides is 1. The van der Waals surface area contributed by atoms with Gasteiger partial charge in [0.1, 0.15) is 0 Å². The number of carbonyl (C=O) groups is 1. The summed E-state index contributed by atoms with van der Waals surface area (Å²) in [5, 5.41) is 0. The Bertz CT molecular complexity index is 304. The first-order valence-electron chi connectivity index (χ1n) is 8.11. The Morgan fingerprint density at radius 2 is 2.05 bits per heavy atom. The largest absolute Gasteiger partial charge is 0.346 e. The quantitative estimate of drug-likeness (QED) is 0.732. The molecule has 1 amide bonds. The molecule has 0 bridgehead atoms. The Kier molecular flexibility index (Phi) is 6.26. The molecular weight excluding hydrogens is 252 g/mol. The van der Waals surface area contributed by atoms with Crippen molar-refractivity contribution < 1.29 is 4.79 Å². The molecule has 0 saturated carbocycles. The molecule has 1 atom stereocenters. The molecule has 0 radical (unpaired) electrons. The normalized spacial score (nSPS) is 24.4. The second-order valence-corrected chi connectivity index (χ2v) is 6.19. The van der Waals surface area contributed by atoms with E-state index in [0.29, 0.717) is 13.0 Å². The topological polar surface area (TPSA) is 52.8 Å². The second kappa shape index (κ2) is 7.96. The van der Waals surface area contributed by atoms with E-state index in [2.05, 4.69) is 9.80 Å². The molecule has 2 N–H and O–H groups in total. The van der Waals surface area contributed by atoms with Gasteiger partial charge in [0.15, 0.2) is 0 Å². The molecule has 2 aliphatic heterocycles. The summed E-state index contributed by atoms with van der Waals surface area (Å²) < 4.78 is 0. The van der Waals surface area contributed by atoms with Gasteiger partial charge in [-0.25, -0.2) is 0 Å². The van der Waals surface area contributed by atoms with Crippen LogP contribution in [0.2, 0.25) is 0 Å². The van der Waals surface area contributed by atoms with E-state index in [4.69, 9.17) is 5.73 Å². The van der Waals surface area contributed by atoms with Gasteiger partial charge in [0.2, 0.25) is 5.91 Å². The molecule has 2 aliphatic rings. The molecule has 0 aromatic carbocycles. The van der Waals surface area contributed by atoms with Crippen molar-refractivity contribution in [2.75, 3.05) is 52.9 Å². The zero-order valence-electron chi connectivity index (χ0n) is 12.9. The van der Waals surface area contributed by atoms with E-state index in [1.54, 1.807) is 0 Å². The first kappa shape index (κ1) is 15.7. The summed E-state index contributed by atoms with van der Waals surface area (Å²) in [5.41, 5.74) is 5.47. The minimum absolute atomic E-state index is 0.253. The van der Waals surface area contributed by atoms with Crippen LogP contribution in [-0.4, -0.2) is 79.5 Å². The standard InChI is InChI=1S/C15H30N4O/c1-17(8-4-7-16)15(20)6-12-18-11-5-14(13-18)19-9-2-3-10-19/h14H,2-13,16H2,1H3. The molecule has 2 rings (SSSR count). The van der Waals surface area contributed by atoms with Crippen LogP contribution in [0.15, 0.2) is 0 Å². The number of likely N-dealkylation sites (tertiary alicyclic amines) is 2. The summed E-state index contributed by atoms with van der Waals surface area (Å²) in [4.78, 5) is 18.9. The van der Waals surface area contributed by atoms with Crippen molar-refractivity contribution >= 4 is 5.91 Å². The van der Waals surface area contributed by atoms with Gasteiger partial charge in [0, 0.05) is 39.1 Å². The van der Waals surface area contributed by atoms with E-state index in [1.165, 1.54) is 32.4 Å². The number of rotatable bonds is 7. The van der Waals surface area contributed by atoms with Crippen LogP contribution in [0.1, 0.15) is 32.1 Å². The first-order valence-corrected chi connectivity index (χ1v) is 8.11. The highest BCUT2D eigenvalue weighted by molar-refractivity contribution is 5.76. The molecule has 0 aliphatic carbocycles. The predicted octanol–water partition coefficient (Wildman–Crippen LogP) is 0.354. The highest BCUT2D eigenvalue weighted by atomic mass is 16.2. The molecule has 2 saturated heterocycles. The summed E-state index contributed by atoms with van der Waals surface area (Å²) in [5.74, 6) is 0.253. The Hall–Kier alpha value is -0.650. The monoisotopic (exact) mass is 282 g/mol. The minimum Gasteiger partial charge on any atom is -0.346 e. The molecule has 2 fully saturated rings. The fourth-order valence-corrected chi connectivity index (χ4v) is 3.32. The van der Waals surface area contributed by atoms with Crippen molar-refractivity contribution in [3.05, 3.63) is 0 Å². The number of hydrogen-bond donors (Lipinski definition) is 1. The van der Waals surface area contributed by atoms with E-state index >= 15 is 0 Å². The molecule has 1 unspecified atom stereocenters. The van der Waals surface area contributed by atoms with Gasteiger partial charge in [-0.1, -0.05) is 0 Å². The van der Waals surface area contributed by atoms with Gasteiger partial charge in [0.25, 0.3) is 0 Å². The van der Waals surface area contributed by atoms with E-state index in [0.717, 1.165) is 38.6 Å². The van der Waals surface area contributed by atoms with Crippen LogP contribution in [0, 0.1) is 0 Å². The third-order valence-corrected chi connectivity index (χ3v) is 4.67. The Morgan fingerprint density at radius 3 is 2.75 bits per heavy atom. The number of nitrogens with zero attached hydrogens (tertiary/aromatic N) is 3. The Balaban J connectivity index is 1.63. The first-order chi connectivity index (χ1) is 9.70. The summed E-state index contributed by atoms with van der Waals surface area (Å²) in [6, 6.07) is 0.738. The van der Waals surface area contributed by atoms with E-state index in [1.807, 2.05) is 11.9 Å². The van der Waals surface area contributed by atoms with E-state index < -0.39 is 0 Å². The van der Waals surface area contributed by atoms with Gasteiger partial charge < -0.3 is 15.5 Å². The van der Waals surface area contributed by atoms with Gasteiger partial charge in [-0.3, -0.25) is 9.69 Å². The van der Waals surface area contributed by atoms with E-state index in [-0.39, 0.29) is 5.91 Å². The van der Waals surface area contributed by atoms with Gasteiger partial charge >= 0.3 is 0 Å². The van der Waals surface area contributed by atoms with Crippen LogP contribution in [0.5, 0.6) is 0 Å². The highest BCUT2D eigenvalue weighted by Gasteiger charge is 2.29. The van der Waals surface area contributed by atoms with Crippen molar-refractivity contribution in [2.24, 2.45) is 5.73 Å². The van der Waals surface area contributed by atoms with Crippen molar-refractivity contribution in [1.29, 1.82) is 0 Å². The fraction of sp³-hybridized carbons (Fsp3) is 0.933. The van der Waals surface area contributed by atoms with Crippen LogP contribution in [0.25, 0.3) is 0 Å². The van der Waals surface area contributed by atoms with Crippen LogP contribution in [0.4, 0.5) is 0 Å². The van der Waals surface area contributed by atoms with Gasteiger partial charge in [0.05, 0.1) is 0 Å². The summed E-state index contributed by atoms with van der Waals surface area (Å²) in [6.07, 6.45) is 5.54. The third-order valence-electron chi connectivity index (χ3n) is 4.67. The molecule has 0 aromatic rings. The zero-order chi connectivity index (χ0) is 14.4. The van der Waals surface area contributed by atoms with Crippen LogP contribution in [-0.2, 0) is 4.79 Å². The molecule has 0 aromatic heterocycles. The average molecular weight is 282 g/mol. The number of hydrogen-bond acceptors (Lipinski definition) is 4. The summed E-state index contributed by atoms with van der Waals surface area (Å²) in [7, 11) is 1.88. The van der Waals surface area contributed by atoms with Crippen molar-refractivity contribution in [3.63, 3.8) is 0 Å². The third kappa shape index (κ3) is 4.43. The van der Waals surface area contributed by atoms with Crippen LogP contribution < -0.4 is 5.73 Å². The molecular formula is C15H30N4O. The molecule has 2 heterocycles. The Labute approximate surface area is 123 Å². The van der Waals surface area contributed by atoms with Crippen molar-refractivity contribution in [2.45, 2.75) is 38.1 Å². The Morgan fingerprint density at radius 1 is 1.30 bits per heavy atom. The lowest BCUT2D eigenvalue weighted by atomic mass is 10.2. The predicted molar refractivity (Wildman–Crippen MR) is 81.6 cm³/mol. The summed E-state index contributed by atoms with van der Waals surface area (Å²) in [6.45, 7) is 7.21. The van der Waals surface area contributed by atoms with Gasteiger partial charge in [-0.15, -0.1) is 0 Å². The van der Waals surface area contributed by atoms with E-state index in [9.17, 15) is 4.79 Å². The number of nitrogens with two attached hydrogens (primary N) is 1. The summed E-state index contributed by atoms with van der Waals surface area (Å²) >= 11 is 0. The zero-order valence-corrected chi connectivity index (χ0v) is 12.9. The lowest BCUT2D eigenvalue weighted by Crippen LogP contribution is -2.36. The van der Waals surface area contributed by atoms with Gasteiger partial charge in [-0.2, -0.15) is 0 Å². The maximum absolute atomic E-state index is 12.0. The molecule has 5 nitrogen and oxygen atoms in total. The van der Waals surface area contributed by atoms with Crippen molar-refractivity contribution in [3.8, 4) is 0 Å². The average Bonchev–Trinajstić information content (AvgIpc) is 3.12. The lowest BCUT2D eigenvalue weighted by molar-refractivity contribution is -0.130. The second-order valence-electron chi connectivity index (χ2n) is 6.19. The molecule has 20 heavy (non-hydrogen) atoms. The molecule has 5 heteroatoms. The smallest absolute Gasteiger partial charge is 0.223 e. The van der Waals surface area contributed by atoms with Crippen LogP contribution >= 0.6 is 0 Å². The van der Waals surface area contributed by atoms with Crippen molar-refractivity contribution in [1.82, 2.24) is 14.7 Å². The van der Waals surface area contributed by atoms with Crippen LogP contribution in [0.3, 0.4) is 0 Å². The number of carbonyl (C=O) groups excluding carboxylic acids is 1. The highest BCUT2D eigenvalue weighted by Crippen LogP contribution is 2.20. The fourth-order valence-electron chi connectivity index (χ4n) is 3.32. The molecule has 116 valence electrons. The lowest BCUT2D eigenvalue weighted by Gasteiger charge is -2.24. The maximum Gasteiger partial charge on any atom is 0.223 e. The van der Waals surface area contributed by atoms with Gasteiger partial charge in [-0.05, 0) is 51.9 Å². The minimum atomic E-state index is 0.253.